The molecule has 0 radical (unpaired) electrons. The Balaban J connectivity index is 0.00000176. The summed E-state index contributed by atoms with van der Waals surface area (Å²) in [4.78, 5) is 14.3. The Hall–Kier alpha value is -1.11. The van der Waals surface area contributed by atoms with Crippen LogP contribution in [-0.4, -0.2) is 47.7 Å². The molecule has 0 spiro atoms. The van der Waals surface area contributed by atoms with Crippen molar-refractivity contribution >= 4 is 24.1 Å². The van der Waals surface area contributed by atoms with E-state index in [-0.39, 0.29) is 18.3 Å². The molecule has 3 heterocycles. The van der Waals surface area contributed by atoms with E-state index in [4.69, 9.17) is 4.52 Å². The lowest BCUT2D eigenvalue weighted by atomic mass is 9.98. The number of nitrogens with zero attached hydrogens (tertiary/aromatic N) is 2. The monoisotopic (exact) mass is 328 g/mol. The van der Waals surface area contributed by atoms with Gasteiger partial charge >= 0.3 is 0 Å². The number of rotatable bonds is 5. The average Bonchev–Trinajstić information content (AvgIpc) is 3.01. The van der Waals surface area contributed by atoms with Crippen LogP contribution in [0.25, 0.3) is 0 Å². The maximum absolute atomic E-state index is 11.9. The number of hydrogen-bond acceptors (Lipinski definition) is 5. The van der Waals surface area contributed by atoms with Crippen molar-refractivity contribution in [3.63, 3.8) is 0 Å². The highest BCUT2D eigenvalue weighted by atomic mass is 35.5. The van der Waals surface area contributed by atoms with Crippen molar-refractivity contribution in [1.29, 1.82) is 0 Å². The predicted molar refractivity (Wildman–Crippen MR) is 87.3 cm³/mol. The molecule has 2 saturated heterocycles. The molecule has 3 rings (SSSR count). The molecule has 6 nitrogen and oxygen atoms in total. The minimum atomic E-state index is -0.00736. The fraction of sp³-hybridized carbons (Fsp3) is 0.733. The highest BCUT2D eigenvalue weighted by Crippen LogP contribution is 2.29. The molecule has 0 aromatic carbocycles. The predicted octanol–water partition coefficient (Wildman–Crippen LogP) is 1.95. The Morgan fingerprint density at radius 3 is 2.73 bits per heavy atom. The van der Waals surface area contributed by atoms with Crippen molar-refractivity contribution in [3.05, 3.63) is 11.8 Å². The van der Waals surface area contributed by atoms with Crippen LogP contribution in [-0.2, 0) is 4.79 Å². The molecule has 2 N–H and O–H groups in total. The number of fused-ring (bicyclic) bond motifs is 2. The van der Waals surface area contributed by atoms with Crippen molar-refractivity contribution in [2.75, 3.05) is 18.9 Å². The summed E-state index contributed by atoms with van der Waals surface area (Å²) in [6.45, 7) is 2.59. The minimum absolute atomic E-state index is 0. The standard InChI is InChI=1S/C15H24N4O2.ClH/c1-10-7-14(18-21-10)17-15(20)5-6-19(2)13-8-11-3-4-12(9-13)16-11;/h7,11-13,16H,3-6,8-9H2,1-2H3,(H,17,18,20);1H. The van der Waals surface area contributed by atoms with E-state index in [2.05, 4.69) is 27.7 Å². The highest BCUT2D eigenvalue weighted by molar-refractivity contribution is 5.89. The third-order valence-electron chi connectivity index (χ3n) is 4.66. The number of anilines is 1. The molecule has 1 aromatic heterocycles. The number of halogens is 1. The van der Waals surface area contributed by atoms with Crippen LogP contribution in [0.3, 0.4) is 0 Å². The Kier molecular flexibility index (Phi) is 5.83. The first kappa shape index (κ1) is 17.2. The topological polar surface area (TPSA) is 70.4 Å². The zero-order valence-corrected chi connectivity index (χ0v) is 14.0. The van der Waals surface area contributed by atoms with Crippen LogP contribution >= 0.6 is 12.4 Å². The molecule has 0 saturated carbocycles. The molecule has 2 unspecified atom stereocenters. The van der Waals surface area contributed by atoms with Gasteiger partial charge in [0.25, 0.3) is 0 Å². The first-order valence-corrected chi connectivity index (χ1v) is 7.79. The lowest BCUT2D eigenvalue weighted by Gasteiger charge is -2.35. The SMILES string of the molecule is Cc1cc(NC(=O)CCN(C)C2CC3CCC(C2)N3)no1.Cl. The van der Waals surface area contributed by atoms with Crippen molar-refractivity contribution in [3.8, 4) is 0 Å². The Morgan fingerprint density at radius 1 is 1.45 bits per heavy atom. The average molecular weight is 329 g/mol. The summed E-state index contributed by atoms with van der Waals surface area (Å²) < 4.78 is 4.93. The van der Waals surface area contributed by atoms with Crippen molar-refractivity contribution in [1.82, 2.24) is 15.4 Å². The minimum Gasteiger partial charge on any atom is -0.360 e. The van der Waals surface area contributed by atoms with Gasteiger partial charge in [-0.2, -0.15) is 0 Å². The summed E-state index contributed by atoms with van der Waals surface area (Å²) in [5.41, 5.74) is 0. The smallest absolute Gasteiger partial charge is 0.226 e. The lowest BCUT2D eigenvalue weighted by molar-refractivity contribution is -0.116. The van der Waals surface area contributed by atoms with Gasteiger partial charge in [0.05, 0.1) is 0 Å². The van der Waals surface area contributed by atoms with Gasteiger partial charge in [-0.3, -0.25) is 4.79 Å². The molecule has 0 aliphatic carbocycles. The van der Waals surface area contributed by atoms with Crippen molar-refractivity contribution in [2.45, 2.75) is 57.2 Å². The number of carbonyl (C=O) groups excluding carboxylic acids is 1. The first-order valence-electron chi connectivity index (χ1n) is 7.79. The summed E-state index contributed by atoms with van der Waals surface area (Å²) >= 11 is 0. The molecular weight excluding hydrogens is 304 g/mol. The van der Waals surface area contributed by atoms with Crippen LogP contribution < -0.4 is 10.6 Å². The Labute approximate surface area is 137 Å². The molecule has 2 aliphatic rings. The van der Waals surface area contributed by atoms with Gasteiger partial charge in [0.15, 0.2) is 5.82 Å². The van der Waals surface area contributed by atoms with Crippen LogP contribution in [0.2, 0.25) is 0 Å². The normalized spacial score (nSPS) is 26.8. The molecule has 2 atom stereocenters. The summed E-state index contributed by atoms with van der Waals surface area (Å²) in [6.07, 6.45) is 5.51. The van der Waals surface area contributed by atoms with Crippen LogP contribution in [0.5, 0.6) is 0 Å². The zero-order chi connectivity index (χ0) is 14.8. The highest BCUT2D eigenvalue weighted by Gasteiger charge is 2.34. The third-order valence-corrected chi connectivity index (χ3v) is 4.66. The summed E-state index contributed by atoms with van der Waals surface area (Å²) in [5.74, 6) is 1.19. The molecule has 1 aromatic rings. The van der Waals surface area contributed by atoms with E-state index in [0.29, 0.717) is 36.1 Å². The summed E-state index contributed by atoms with van der Waals surface area (Å²) in [7, 11) is 2.13. The van der Waals surface area contributed by atoms with E-state index in [0.717, 1.165) is 6.54 Å². The number of aromatic nitrogens is 1. The quantitative estimate of drug-likeness (QED) is 0.864. The molecule has 2 aliphatic heterocycles. The zero-order valence-electron chi connectivity index (χ0n) is 13.2. The van der Waals surface area contributed by atoms with Crippen LogP contribution in [0.4, 0.5) is 5.82 Å². The number of hydrogen-bond donors (Lipinski definition) is 2. The van der Waals surface area contributed by atoms with Gasteiger partial charge in [0.2, 0.25) is 5.91 Å². The molecule has 124 valence electrons. The second kappa shape index (κ2) is 7.44. The van der Waals surface area contributed by atoms with Gasteiger partial charge in [0.1, 0.15) is 5.76 Å². The number of piperidine rings is 1. The van der Waals surface area contributed by atoms with E-state index in [9.17, 15) is 4.79 Å². The van der Waals surface area contributed by atoms with Gasteiger partial charge < -0.3 is 20.1 Å². The largest absolute Gasteiger partial charge is 0.360 e. The van der Waals surface area contributed by atoms with Gasteiger partial charge in [-0.05, 0) is 39.7 Å². The van der Waals surface area contributed by atoms with Crippen LogP contribution in [0, 0.1) is 6.92 Å². The fourth-order valence-corrected chi connectivity index (χ4v) is 3.48. The summed E-state index contributed by atoms with van der Waals surface area (Å²) in [5, 5.41) is 10.2. The molecule has 2 fully saturated rings. The number of nitrogens with one attached hydrogen (secondary N) is 2. The number of aryl methyl sites for hydroxylation is 1. The lowest BCUT2D eigenvalue weighted by Crippen LogP contribution is -2.47. The van der Waals surface area contributed by atoms with E-state index < -0.39 is 0 Å². The third kappa shape index (κ3) is 4.21. The van der Waals surface area contributed by atoms with Crippen LogP contribution in [0.1, 0.15) is 37.9 Å². The van der Waals surface area contributed by atoms with Gasteiger partial charge in [-0.1, -0.05) is 5.16 Å². The number of amides is 1. The molecule has 22 heavy (non-hydrogen) atoms. The number of carbonyl (C=O) groups is 1. The van der Waals surface area contributed by atoms with Crippen LogP contribution in [0.15, 0.2) is 10.6 Å². The summed E-state index contributed by atoms with van der Waals surface area (Å²) in [6, 6.07) is 3.70. The second-order valence-corrected chi connectivity index (χ2v) is 6.36. The second-order valence-electron chi connectivity index (χ2n) is 6.36. The molecule has 7 heteroatoms. The Bertz CT molecular complexity index is 495. The Morgan fingerprint density at radius 2 is 2.14 bits per heavy atom. The van der Waals surface area contributed by atoms with Gasteiger partial charge in [-0.15, -0.1) is 12.4 Å². The fourth-order valence-electron chi connectivity index (χ4n) is 3.48. The van der Waals surface area contributed by atoms with E-state index in [1.807, 2.05) is 6.92 Å². The molecular formula is C15H25ClN4O2. The first-order chi connectivity index (χ1) is 10.1. The van der Waals surface area contributed by atoms with Gasteiger partial charge in [-0.25, -0.2) is 0 Å². The molecule has 2 bridgehead atoms. The van der Waals surface area contributed by atoms with Gasteiger partial charge in [0, 0.05) is 37.2 Å². The van der Waals surface area contributed by atoms with Crippen molar-refractivity contribution in [2.24, 2.45) is 0 Å². The van der Waals surface area contributed by atoms with E-state index >= 15 is 0 Å². The van der Waals surface area contributed by atoms with E-state index in [1.165, 1.54) is 25.7 Å². The molecule has 1 amide bonds. The maximum atomic E-state index is 11.9. The maximum Gasteiger partial charge on any atom is 0.226 e. The van der Waals surface area contributed by atoms with Crippen molar-refractivity contribution < 1.29 is 9.32 Å². The van der Waals surface area contributed by atoms with E-state index in [1.54, 1.807) is 6.07 Å².